The van der Waals surface area contributed by atoms with E-state index >= 15 is 0 Å². The molecule has 0 aromatic carbocycles. The Morgan fingerprint density at radius 1 is 1.33 bits per heavy atom. The fourth-order valence-electron chi connectivity index (χ4n) is 2.97. The van der Waals surface area contributed by atoms with Crippen LogP contribution in [0.3, 0.4) is 0 Å². The highest BCUT2D eigenvalue weighted by Crippen LogP contribution is 2.33. The largest absolute Gasteiger partial charge is 0.493 e. The molecule has 0 amide bonds. The molecule has 1 fully saturated rings. The van der Waals surface area contributed by atoms with Crippen LogP contribution in [0, 0.1) is 0 Å². The summed E-state index contributed by atoms with van der Waals surface area (Å²) >= 11 is 1.60. The Kier molecular flexibility index (Phi) is 5.57. The number of hydrogen-bond acceptors (Lipinski definition) is 7. The lowest BCUT2D eigenvalue weighted by Gasteiger charge is -2.21. The summed E-state index contributed by atoms with van der Waals surface area (Å²) in [5.41, 5.74) is 0.839. The maximum Gasteiger partial charge on any atom is 0.191 e. The molecule has 0 spiro atoms. The molecule has 2 aromatic heterocycles. The van der Waals surface area contributed by atoms with Crippen molar-refractivity contribution in [3.05, 3.63) is 23.8 Å². The second-order valence-electron chi connectivity index (χ2n) is 5.72. The summed E-state index contributed by atoms with van der Waals surface area (Å²) < 4.78 is 12.8. The fraction of sp³-hybridized carbons (Fsp3) is 0.562. The molecule has 1 aliphatic rings. The number of aromatic nitrogens is 4. The van der Waals surface area contributed by atoms with E-state index in [9.17, 15) is 0 Å². The third-order valence-electron chi connectivity index (χ3n) is 4.23. The van der Waals surface area contributed by atoms with E-state index in [2.05, 4.69) is 25.1 Å². The highest BCUT2D eigenvalue weighted by molar-refractivity contribution is 7.98. The molecule has 1 atom stereocenters. The minimum absolute atomic E-state index is 0.440. The van der Waals surface area contributed by atoms with E-state index in [1.54, 1.807) is 38.2 Å². The molecule has 0 bridgehead atoms. The molecule has 1 N–H and O–H groups in total. The Morgan fingerprint density at radius 2 is 2.21 bits per heavy atom. The number of nitrogens with zero attached hydrogens (tertiary/aromatic N) is 4. The topological polar surface area (TPSA) is 74.1 Å². The maximum atomic E-state index is 5.43. The summed E-state index contributed by atoms with van der Waals surface area (Å²) in [6, 6.07) is 1.80. The predicted octanol–water partition coefficient (Wildman–Crippen LogP) is 1.99. The van der Waals surface area contributed by atoms with Gasteiger partial charge >= 0.3 is 0 Å². The Balaban J connectivity index is 1.72. The Labute approximate surface area is 146 Å². The van der Waals surface area contributed by atoms with Gasteiger partial charge in [-0.1, -0.05) is 11.8 Å². The van der Waals surface area contributed by atoms with Gasteiger partial charge in [-0.05, 0) is 19.4 Å². The molecule has 130 valence electrons. The number of nitrogens with one attached hydrogen (secondary N) is 1. The minimum Gasteiger partial charge on any atom is -0.493 e. The van der Waals surface area contributed by atoms with Crippen LogP contribution in [0.1, 0.15) is 30.3 Å². The van der Waals surface area contributed by atoms with Gasteiger partial charge in [-0.15, -0.1) is 10.2 Å². The quantitative estimate of drug-likeness (QED) is 0.799. The van der Waals surface area contributed by atoms with Gasteiger partial charge in [0.05, 0.1) is 19.9 Å². The van der Waals surface area contributed by atoms with Crippen molar-refractivity contribution < 1.29 is 9.47 Å². The van der Waals surface area contributed by atoms with Crippen molar-refractivity contribution >= 4 is 11.8 Å². The lowest BCUT2D eigenvalue weighted by atomic mass is 9.99. The van der Waals surface area contributed by atoms with Crippen LogP contribution in [-0.4, -0.2) is 47.1 Å². The van der Waals surface area contributed by atoms with E-state index < -0.39 is 0 Å². The second-order valence-corrected chi connectivity index (χ2v) is 6.67. The summed E-state index contributed by atoms with van der Waals surface area (Å²) in [6.45, 7) is 2.07. The van der Waals surface area contributed by atoms with Gasteiger partial charge in [0.2, 0.25) is 0 Å². The van der Waals surface area contributed by atoms with Gasteiger partial charge in [0.1, 0.15) is 5.82 Å². The number of pyridine rings is 1. The Bertz CT molecular complexity index is 685. The monoisotopic (exact) mass is 349 g/mol. The highest BCUT2D eigenvalue weighted by atomic mass is 32.2. The lowest BCUT2D eigenvalue weighted by molar-refractivity contribution is 0.350. The SMILES string of the molecule is COc1ccnc(CSc2nnc(C3CCCNC3)n2C)c1OC. The van der Waals surface area contributed by atoms with Crippen LogP contribution in [0.15, 0.2) is 17.4 Å². The summed E-state index contributed by atoms with van der Waals surface area (Å²) in [6.07, 6.45) is 4.08. The van der Waals surface area contributed by atoms with Crippen molar-refractivity contribution in [2.24, 2.45) is 7.05 Å². The second kappa shape index (κ2) is 7.85. The Morgan fingerprint density at radius 3 is 2.92 bits per heavy atom. The van der Waals surface area contributed by atoms with Gasteiger partial charge in [0.15, 0.2) is 16.7 Å². The molecule has 1 unspecified atom stereocenters. The smallest absolute Gasteiger partial charge is 0.191 e. The van der Waals surface area contributed by atoms with Gasteiger partial charge in [0.25, 0.3) is 0 Å². The first-order valence-electron chi connectivity index (χ1n) is 8.03. The van der Waals surface area contributed by atoms with Crippen molar-refractivity contribution in [1.29, 1.82) is 0 Å². The first kappa shape index (κ1) is 17.0. The standard InChI is InChI=1S/C16H23N5O2S/c1-21-15(11-5-4-7-17-9-11)19-20-16(21)24-10-12-14(23-3)13(22-2)6-8-18-12/h6,8,11,17H,4-5,7,9-10H2,1-3H3. The summed E-state index contributed by atoms with van der Waals surface area (Å²) in [7, 11) is 5.29. The Hall–Kier alpha value is -1.80. The van der Waals surface area contributed by atoms with Crippen LogP contribution < -0.4 is 14.8 Å². The molecule has 0 radical (unpaired) electrons. The number of ether oxygens (including phenoxy) is 2. The van der Waals surface area contributed by atoms with Crippen LogP contribution in [0.25, 0.3) is 0 Å². The van der Waals surface area contributed by atoms with Crippen molar-refractivity contribution in [2.75, 3.05) is 27.3 Å². The van der Waals surface area contributed by atoms with Crippen LogP contribution in [0.5, 0.6) is 11.5 Å². The van der Waals surface area contributed by atoms with E-state index in [0.717, 1.165) is 36.2 Å². The van der Waals surface area contributed by atoms with E-state index in [-0.39, 0.29) is 0 Å². The zero-order valence-electron chi connectivity index (χ0n) is 14.3. The molecule has 3 heterocycles. The average molecular weight is 349 g/mol. The normalized spacial score (nSPS) is 17.7. The van der Waals surface area contributed by atoms with Gasteiger partial charge in [-0.25, -0.2) is 0 Å². The van der Waals surface area contributed by atoms with Crippen molar-refractivity contribution in [2.45, 2.75) is 29.7 Å². The van der Waals surface area contributed by atoms with Crippen LogP contribution in [-0.2, 0) is 12.8 Å². The first-order valence-corrected chi connectivity index (χ1v) is 9.01. The number of methoxy groups -OCH3 is 2. The van der Waals surface area contributed by atoms with E-state index in [4.69, 9.17) is 9.47 Å². The van der Waals surface area contributed by atoms with E-state index in [1.165, 1.54) is 6.42 Å². The van der Waals surface area contributed by atoms with Crippen LogP contribution in [0.2, 0.25) is 0 Å². The van der Waals surface area contributed by atoms with Crippen molar-refractivity contribution in [3.63, 3.8) is 0 Å². The third kappa shape index (κ3) is 3.49. The first-order chi connectivity index (χ1) is 11.7. The molecule has 24 heavy (non-hydrogen) atoms. The van der Waals surface area contributed by atoms with Crippen molar-refractivity contribution in [3.8, 4) is 11.5 Å². The summed E-state index contributed by atoms with van der Waals surface area (Å²) in [5, 5.41) is 13.1. The lowest BCUT2D eigenvalue weighted by Crippen LogP contribution is -2.29. The van der Waals surface area contributed by atoms with Gasteiger partial charge in [-0.3, -0.25) is 4.98 Å². The molecule has 1 aliphatic heterocycles. The molecule has 0 saturated carbocycles. The molecule has 1 saturated heterocycles. The van der Waals surface area contributed by atoms with E-state index in [1.807, 2.05) is 7.05 Å². The molecule has 3 rings (SSSR count). The van der Waals surface area contributed by atoms with Crippen LogP contribution in [0.4, 0.5) is 0 Å². The molecular formula is C16H23N5O2S. The minimum atomic E-state index is 0.440. The predicted molar refractivity (Wildman–Crippen MR) is 92.7 cm³/mol. The zero-order chi connectivity index (χ0) is 16.9. The number of hydrogen-bond donors (Lipinski definition) is 1. The molecule has 2 aromatic rings. The molecule has 7 nitrogen and oxygen atoms in total. The van der Waals surface area contributed by atoms with Crippen molar-refractivity contribution in [1.82, 2.24) is 25.1 Å². The summed E-state index contributed by atoms with van der Waals surface area (Å²) in [4.78, 5) is 4.41. The number of piperidine rings is 1. The van der Waals surface area contributed by atoms with Gasteiger partial charge < -0.3 is 19.4 Å². The number of thioether (sulfide) groups is 1. The summed E-state index contributed by atoms with van der Waals surface area (Å²) in [5.74, 6) is 3.50. The van der Waals surface area contributed by atoms with Gasteiger partial charge in [-0.2, -0.15) is 0 Å². The third-order valence-corrected chi connectivity index (χ3v) is 5.27. The maximum absolute atomic E-state index is 5.43. The highest BCUT2D eigenvalue weighted by Gasteiger charge is 2.22. The average Bonchev–Trinajstić information content (AvgIpc) is 3.00. The zero-order valence-corrected chi connectivity index (χ0v) is 15.1. The molecule has 0 aliphatic carbocycles. The number of rotatable bonds is 6. The molecule has 8 heteroatoms. The molecular weight excluding hydrogens is 326 g/mol. The van der Waals surface area contributed by atoms with Gasteiger partial charge in [0, 0.05) is 37.5 Å². The van der Waals surface area contributed by atoms with E-state index in [0.29, 0.717) is 23.2 Å². The fourth-order valence-corrected chi connectivity index (χ4v) is 3.82. The van der Waals surface area contributed by atoms with Crippen LogP contribution >= 0.6 is 11.8 Å².